The van der Waals surface area contributed by atoms with Crippen LogP contribution in [0.4, 0.5) is 5.69 Å². The van der Waals surface area contributed by atoms with Gasteiger partial charge in [-0.3, -0.25) is 4.79 Å². The Morgan fingerprint density at radius 3 is 1.97 bits per heavy atom. The molecule has 3 aromatic carbocycles. The van der Waals surface area contributed by atoms with Crippen LogP contribution >= 0.6 is 0 Å². The SMILES string of the molecule is O=C(C[NH+]1CCN(c2ccccc2O)CC1)NC(c1ccccc1)c1ccccc1. The molecule has 4 rings (SSSR count). The number of benzene rings is 3. The van der Waals surface area contributed by atoms with Crippen molar-refractivity contribution in [3.63, 3.8) is 0 Å². The zero-order valence-corrected chi connectivity index (χ0v) is 17.0. The number of hydrogen-bond acceptors (Lipinski definition) is 3. The van der Waals surface area contributed by atoms with Crippen molar-refractivity contribution < 1.29 is 14.8 Å². The van der Waals surface area contributed by atoms with Crippen molar-refractivity contribution in [3.05, 3.63) is 96.1 Å². The minimum atomic E-state index is -0.151. The van der Waals surface area contributed by atoms with Crippen LogP contribution in [0.3, 0.4) is 0 Å². The lowest BCUT2D eigenvalue weighted by Crippen LogP contribution is -3.16. The van der Waals surface area contributed by atoms with Gasteiger partial charge in [0.2, 0.25) is 0 Å². The van der Waals surface area contributed by atoms with Crippen molar-refractivity contribution >= 4 is 11.6 Å². The van der Waals surface area contributed by atoms with Crippen molar-refractivity contribution in [2.75, 3.05) is 37.6 Å². The molecule has 1 aliphatic heterocycles. The molecule has 0 atom stereocenters. The summed E-state index contributed by atoms with van der Waals surface area (Å²) in [6.07, 6.45) is 0. The number of para-hydroxylation sites is 2. The fourth-order valence-electron chi connectivity index (χ4n) is 4.06. The van der Waals surface area contributed by atoms with Gasteiger partial charge in [-0.05, 0) is 23.3 Å². The number of aromatic hydroxyl groups is 1. The number of hydrogen-bond donors (Lipinski definition) is 3. The molecule has 1 heterocycles. The fourth-order valence-corrected chi connectivity index (χ4v) is 4.06. The van der Waals surface area contributed by atoms with Crippen molar-refractivity contribution in [1.82, 2.24) is 5.32 Å². The molecule has 3 N–H and O–H groups in total. The van der Waals surface area contributed by atoms with Crippen LogP contribution < -0.4 is 15.1 Å². The second kappa shape index (κ2) is 9.46. The number of nitrogens with one attached hydrogen (secondary N) is 2. The van der Waals surface area contributed by atoms with Gasteiger partial charge in [-0.2, -0.15) is 0 Å². The first-order chi connectivity index (χ1) is 14.7. The van der Waals surface area contributed by atoms with E-state index >= 15 is 0 Å². The molecule has 30 heavy (non-hydrogen) atoms. The Morgan fingerprint density at radius 2 is 1.40 bits per heavy atom. The predicted molar refractivity (Wildman–Crippen MR) is 119 cm³/mol. The Hall–Kier alpha value is -3.31. The highest BCUT2D eigenvalue weighted by Gasteiger charge is 2.25. The number of amides is 1. The standard InChI is InChI=1S/C25H27N3O2/c29-23-14-8-7-13-22(23)28-17-15-27(16-18-28)19-24(30)26-25(20-9-3-1-4-10-20)21-11-5-2-6-12-21/h1-14,25,29H,15-19H2,(H,26,30)/p+1. The quantitative estimate of drug-likeness (QED) is 0.591. The van der Waals surface area contributed by atoms with Crippen LogP contribution in [0.25, 0.3) is 0 Å². The Balaban J connectivity index is 1.37. The predicted octanol–water partition coefficient (Wildman–Crippen LogP) is 2.00. The smallest absolute Gasteiger partial charge is 0.275 e. The Morgan fingerprint density at radius 1 is 0.867 bits per heavy atom. The fraction of sp³-hybridized carbons (Fsp3) is 0.240. The third-order valence-electron chi connectivity index (χ3n) is 5.67. The molecule has 0 unspecified atom stereocenters. The van der Waals surface area contributed by atoms with Gasteiger partial charge in [0.15, 0.2) is 6.54 Å². The van der Waals surface area contributed by atoms with Gasteiger partial charge in [-0.25, -0.2) is 0 Å². The highest BCUT2D eigenvalue weighted by Crippen LogP contribution is 2.26. The molecular weight excluding hydrogens is 374 g/mol. The van der Waals surface area contributed by atoms with E-state index in [2.05, 4.69) is 34.5 Å². The number of anilines is 1. The minimum Gasteiger partial charge on any atom is -0.506 e. The van der Waals surface area contributed by atoms with Gasteiger partial charge in [0, 0.05) is 0 Å². The van der Waals surface area contributed by atoms with Crippen LogP contribution in [0.5, 0.6) is 5.75 Å². The summed E-state index contributed by atoms with van der Waals surface area (Å²) in [7, 11) is 0. The second-order valence-corrected chi connectivity index (χ2v) is 7.72. The molecule has 0 aromatic heterocycles. The number of carbonyl (C=O) groups is 1. The first-order valence-corrected chi connectivity index (χ1v) is 10.5. The number of rotatable bonds is 6. The van der Waals surface area contributed by atoms with E-state index in [-0.39, 0.29) is 11.9 Å². The summed E-state index contributed by atoms with van der Waals surface area (Å²) < 4.78 is 0. The molecule has 1 amide bonds. The Labute approximate surface area is 177 Å². The number of phenols is 1. The zero-order chi connectivity index (χ0) is 20.8. The van der Waals surface area contributed by atoms with Gasteiger partial charge >= 0.3 is 0 Å². The van der Waals surface area contributed by atoms with E-state index in [0.29, 0.717) is 12.3 Å². The molecule has 0 bridgehead atoms. The summed E-state index contributed by atoms with van der Waals surface area (Å²) in [5.41, 5.74) is 3.03. The normalized spacial score (nSPS) is 14.6. The molecular formula is C25H28N3O2+. The average molecular weight is 403 g/mol. The van der Waals surface area contributed by atoms with Gasteiger partial charge in [0.25, 0.3) is 5.91 Å². The van der Waals surface area contributed by atoms with E-state index < -0.39 is 0 Å². The van der Waals surface area contributed by atoms with Crippen molar-refractivity contribution in [3.8, 4) is 5.75 Å². The van der Waals surface area contributed by atoms with Gasteiger partial charge in [0.05, 0.1) is 37.9 Å². The van der Waals surface area contributed by atoms with Crippen LogP contribution in [-0.2, 0) is 4.79 Å². The first-order valence-electron chi connectivity index (χ1n) is 10.5. The van der Waals surface area contributed by atoms with Crippen molar-refractivity contribution in [2.45, 2.75) is 6.04 Å². The van der Waals surface area contributed by atoms with Crippen molar-refractivity contribution in [2.24, 2.45) is 0 Å². The molecule has 3 aromatic rings. The molecule has 0 saturated carbocycles. The third kappa shape index (κ3) is 4.81. The van der Waals surface area contributed by atoms with E-state index in [9.17, 15) is 9.90 Å². The molecule has 0 aliphatic carbocycles. The Kier molecular flexibility index (Phi) is 6.30. The number of piperazine rings is 1. The first kappa shape index (κ1) is 20.0. The summed E-state index contributed by atoms with van der Waals surface area (Å²) in [4.78, 5) is 16.3. The summed E-state index contributed by atoms with van der Waals surface area (Å²) >= 11 is 0. The number of quaternary nitrogens is 1. The highest BCUT2D eigenvalue weighted by molar-refractivity contribution is 5.78. The lowest BCUT2D eigenvalue weighted by atomic mass is 9.99. The van der Waals surface area contributed by atoms with Gasteiger partial charge in [-0.1, -0.05) is 72.8 Å². The summed E-state index contributed by atoms with van der Waals surface area (Å²) in [5.74, 6) is 0.367. The third-order valence-corrected chi connectivity index (χ3v) is 5.67. The average Bonchev–Trinajstić information content (AvgIpc) is 2.80. The Bertz CT molecular complexity index is 915. The number of phenolic OH excluding ortho intramolecular Hbond substituents is 1. The molecule has 1 saturated heterocycles. The molecule has 5 nitrogen and oxygen atoms in total. The lowest BCUT2D eigenvalue weighted by Gasteiger charge is -2.33. The van der Waals surface area contributed by atoms with Crippen LogP contribution in [-0.4, -0.2) is 43.7 Å². The van der Waals surface area contributed by atoms with Gasteiger partial charge in [-0.15, -0.1) is 0 Å². The topological polar surface area (TPSA) is 57.0 Å². The van der Waals surface area contributed by atoms with Gasteiger partial charge in [0.1, 0.15) is 5.75 Å². The molecule has 5 heteroatoms. The van der Waals surface area contributed by atoms with Crippen LogP contribution in [0, 0.1) is 0 Å². The highest BCUT2D eigenvalue weighted by atomic mass is 16.3. The van der Waals surface area contributed by atoms with E-state index in [1.807, 2.05) is 54.6 Å². The summed E-state index contributed by atoms with van der Waals surface area (Å²) in [6.45, 7) is 3.82. The molecule has 1 aliphatic rings. The maximum absolute atomic E-state index is 12.9. The zero-order valence-electron chi connectivity index (χ0n) is 17.0. The molecule has 0 spiro atoms. The lowest BCUT2D eigenvalue weighted by molar-refractivity contribution is -0.892. The van der Waals surface area contributed by atoms with Crippen LogP contribution in [0.2, 0.25) is 0 Å². The molecule has 1 fully saturated rings. The van der Waals surface area contributed by atoms with Crippen LogP contribution in [0.15, 0.2) is 84.9 Å². The number of carbonyl (C=O) groups excluding carboxylic acids is 1. The molecule has 0 radical (unpaired) electrons. The van der Waals surface area contributed by atoms with E-state index in [1.165, 1.54) is 4.90 Å². The van der Waals surface area contributed by atoms with E-state index in [1.54, 1.807) is 6.07 Å². The van der Waals surface area contributed by atoms with Crippen molar-refractivity contribution in [1.29, 1.82) is 0 Å². The largest absolute Gasteiger partial charge is 0.506 e. The monoisotopic (exact) mass is 402 g/mol. The second-order valence-electron chi connectivity index (χ2n) is 7.72. The minimum absolute atomic E-state index is 0.0544. The summed E-state index contributed by atoms with van der Waals surface area (Å²) in [5, 5.41) is 13.3. The number of nitrogens with zero attached hydrogens (tertiary/aromatic N) is 1. The maximum Gasteiger partial charge on any atom is 0.275 e. The van der Waals surface area contributed by atoms with Crippen LogP contribution in [0.1, 0.15) is 17.2 Å². The molecule has 154 valence electrons. The summed E-state index contributed by atoms with van der Waals surface area (Å²) in [6, 6.07) is 27.5. The van der Waals surface area contributed by atoms with E-state index in [4.69, 9.17) is 0 Å². The van der Waals surface area contributed by atoms with E-state index in [0.717, 1.165) is 43.0 Å². The van der Waals surface area contributed by atoms with Gasteiger partial charge < -0.3 is 20.2 Å². The maximum atomic E-state index is 12.9.